The zero-order valence-electron chi connectivity index (χ0n) is 11.0. The van der Waals surface area contributed by atoms with Crippen molar-refractivity contribution in [1.29, 1.82) is 0 Å². The van der Waals surface area contributed by atoms with Gasteiger partial charge in [-0.3, -0.25) is 0 Å². The van der Waals surface area contributed by atoms with Crippen LogP contribution in [0, 0.1) is 13.8 Å². The molecule has 0 aliphatic heterocycles. The second-order valence-corrected chi connectivity index (χ2v) is 5.51. The minimum Gasteiger partial charge on any atom is -0.387 e. The molecule has 2 heteroatoms. The lowest BCUT2D eigenvalue weighted by atomic mass is 10.00. The number of benzene rings is 1. The van der Waals surface area contributed by atoms with E-state index in [4.69, 9.17) is 0 Å². The number of hydrogen-bond donors (Lipinski definition) is 2. The predicted molar refractivity (Wildman–Crippen MR) is 68.6 cm³/mol. The number of β-amino-alcohol motifs (C(OH)–C–C–N with tert-alkyl or cyclic N) is 1. The molecule has 0 aromatic heterocycles. The molecule has 1 atom stereocenters. The van der Waals surface area contributed by atoms with E-state index in [1.54, 1.807) is 0 Å². The average molecular weight is 221 g/mol. The molecule has 0 fully saturated rings. The van der Waals surface area contributed by atoms with Crippen molar-refractivity contribution in [1.82, 2.24) is 5.32 Å². The fourth-order valence-electron chi connectivity index (χ4n) is 1.63. The minimum absolute atomic E-state index is 0.0404. The second kappa shape index (κ2) is 4.98. The molecule has 16 heavy (non-hydrogen) atoms. The summed E-state index contributed by atoms with van der Waals surface area (Å²) in [6, 6.07) is 6.19. The van der Waals surface area contributed by atoms with Crippen molar-refractivity contribution in [2.24, 2.45) is 0 Å². The first-order valence-corrected chi connectivity index (χ1v) is 5.80. The lowest BCUT2D eigenvalue weighted by Gasteiger charge is -2.23. The van der Waals surface area contributed by atoms with E-state index in [0.29, 0.717) is 6.54 Å². The highest BCUT2D eigenvalue weighted by Gasteiger charge is 2.14. The van der Waals surface area contributed by atoms with Gasteiger partial charge in [-0.1, -0.05) is 23.8 Å². The van der Waals surface area contributed by atoms with Crippen molar-refractivity contribution in [3.63, 3.8) is 0 Å². The van der Waals surface area contributed by atoms with Crippen LogP contribution in [-0.2, 0) is 0 Å². The van der Waals surface area contributed by atoms with Crippen molar-refractivity contribution in [2.75, 3.05) is 6.54 Å². The monoisotopic (exact) mass is 221 g/mol. The van der Waals surface area contributed by atoms with E-state index in [-0.39, 0.29) is 5.54 Å². The van der Waals surface area contributed by atoms with Crippen LogP contribution >= 0.6 is 0 Å². The van der Waals surface area contributed by atoms with Crippen molar-refractivity contribution in [3.05, 3.63) is 34.9 Å². The van der Waals surface area contributed by atoms with E-state index in [2.05, 4.69) is 44.3 Å². The van der Waals surface area contributed by atoms with Crippen LogP contribution in [0.5, 0.6) is 0 Å². The zero-order valence-corrected chi connectivity index (χ0v) is 11.0. The molecule has 0 spiro atoms. The molecule has 0 radical (unpaired) electrons. The molecule has 90 valence electrons. The van der Waals surface area contributed by atoms with Crippen LogP contribution in [-0.4, -0.2) is 17.2 Å². The maximum Gasteiger partial charge on any atom is 0.0917 e. The molecule has 2 nitrogen and oxygen atoms in total. The Bertz CT molecular complexity index is 352. The Hall–Kier alpha value is -0.860. The third-order valence-corrected chi connectivity index (χ3v) is 2.62. The standard InChI is InChI=1S/C14H23NO/c1-10-6-7-11(2)12(8-10)13(16)9-15-14(3,4)5/h6-8,13,15-16H,9H2,1-5H3. The van der Waals surface area contributed by atoms with Gasteiger partial charge in [0.1, 0.15) is 0 Å². The Kier molecular flexibility index (Phi) is 4.11. The molecule has 1 aromatic rings. The fourth-order valence-corrected chi connectivity index (χ4v) is 1.63. The van der Waals surface area contributed by atoms with Crippen molar-refractivity contribution in [2.45, 2.75) is 46.3 Å². The molecule has 0 heterocycles. The van der Waals surface area contributed by atoms with Gasteiger partial charge in [-0.05, 0) is 45.7 Å². The first-order chi connectivity index (χ1) is 7.29. The van der Waals surface area contributed by atoms with Gasteiger partial charge in [0, 0.05) is 12.1 Å². The molecule has 0 amide bonds. The van der Waals surface area contributed by atoms with Crippen LogP contribution in [0.1, 0.15) is 43.6 Å². The van der Waals surface area contributed by atoms with Gasteiger partial charge in [-0.15, -0.1) is 0 Å². The fraction of sp³-hybridized carbons (Fsp3) is 0.571. The van der Waals surface area contributed by atoms with Crippen LogP contribution in [0.4, 0.5) is 0 Å². The van der Waals surface area contributed by atoms with E-state index >= 15 is 0 Å². The van der Waals surface area contributed by atoms with Gasteiger partial charge >= 0.3 is 0 Å². The molecule has 2 N–H and O–H groups in total. The van der Waals surface area contributed by atoms with Gasteiger partial charge in [0.15, 0.2) is 0 Å². The Morgan fingerprint density at radius 3 is 2.44 bits per heavy atom. The second-order valence-electron chi connectivity index (χ2n) is 5.51. The molecule has 1 rings (SSSR count). The van der Waals surface area contributed by atoms with Crippen LogP contribution < -0.4 is 5.32 Å². The number of rotatable bonds is 3. The van der Waals surface area contributed by atoms with Crippen molar-refractivity contribution < 1.29 is 5.11 Å². The zero-order chi connectivity index (χ0) is 12.3. The van der Waals surface area contributed by atoms with E-state index in [0.717, 1.165) is 11.1 Å². The number of aryl methyl sites for hydroxylation is 2. The Morgan fingerprint density at radius 2 is 1.88 bits per heavy atom. The van der Waals surface area contributed by atoms with Crippen LogP contribution in [0.2, 0.25) is 0 Å². The Balaban J connectivity index is 2.73. The van der Waals surface area contributed by atoms with Crippen LogP contribution in [0.3, 0.4) is 0 Å². The van der Waals surface area contributed by atoms with E-state index in [9.17, 15) is 5.11 Å². The summed E-state index contributed by atoms with van der Waals surface area (Å²) in [7, 11) is 0. The lowest BCUT2D eigenvalue weighted by molar-refractivity contribution is 0.162. The topological polar surface area (TPSA) is 32.3 Å². The summed E-state index contributed by atoms with van der Waals surface area (Å²) < 4.78 is 0. The van der Waals surface area contributed by atoms with Gasteiger partial charge in [-0.2, -0.15) is 0 Å². The molecule has 0 bridgehead atoms. The smallest absolute Gasteiger partial charge is 0.0917 e. The highest BCUT2D eigenvalue weighted by Crippen LogP contribution is 2.19. The lowest BCUT2D eigenvalue weighted by Crippen LogP contribution is -2.38. The predicted octanol–water partition coefficient (Wildman–Crippen LogP) is 2.72. The Labute approximate surface area is 98.7 Å². The molecule has 0 aliphatic rings. The molecular weight excluding hydrogens is 198 g/mol. The number of aliphatic hydroxyl groups is 1. The highest BCUT2D eigenvalue weighted by molar-refractivity contribution is 5.32. The number of nitrogens with one attached hydrogen (secondary N) is 1. The van der Waals surface area contributed by atoms with Crippen LogP contribution in [0.25, 0.3) is 0 Å². The summed E-state index contributed by atoms with van der Waals surface area (Å²) in [6.45, 7) is 11.0. The SMILES string of the molecule is Cc1ccc(C)c(C(O)CNC(C)(C)C)c1. The van der Waals surface area contributed by atoms with Gasteiger partial charge in [0.25, 0.3) is 0 Å². The largest absolute Gasteiger partial charge is 0.387 e. The molecule has 0 aliphatic carbocycles. The van der Waals surface area contributed by atoms with E-state index in [1.807, 2.05) is 13.8 Å². The maximum absolute atomic E-state index is 10.1. The molecule has 0 saturated carbocycles. The van der Waals surface area contributed by atoms with Gasteiger partial charge in [-0.25, -0.2) is 0 Å². The van der Waals surface area contributed by atoms with Crippen LogP contribution in [0.15, 0.2) is 18.2 Å². The van der Waals surface area contributed by atoms with Gasteiger partial charge < -0.3 is 10.4 Å². The quantitative estimate of drug-likeness (QED) is 0.822. The molecule has 1 unspecified atom stereocenters. The molecular formula is C14H23NO. The third kappa shape index (κ3) is 3.95. The minimum atomic E-state index is -0.431. The first-order valence-electron chi connectivity index (χ1n) is 5.80. The van der Waals surface area contributed by atoms with E-state index < -0.39 is 6.10 Å². The van der Waals surface area contributed by atoms with Gasteiger partial charge in [0.2, 0.25) is 0 Å². The average Bonchev–Trinajstić information content (AvgIpc) is 2.17. The summed E-state index contributed by atoms with van der Waals surface area (Å²) in [5, 5.41) is 13.4. The Morgan fingerprint density at radius 1 is 1.25 bits per heavy atom. The molecule has 1 aromatic carbocycles. The molecule has 0 saturated heterocycles. The summed E-state index contributed by atoms with van der Waals surface area (Å²) in [4.78, 5) is 0. The summed E-state index contributed by atoms with van der Waals surface area (Å²) in [5.74, 6) is 0. The summed E-state index contributed by atoms with van der Waals surface area (Å²) in [6.07, 6.45) is -0.431. The third-order valence-electron chi connectivity index (χ3n) is 2.62. The highest BCUT2D eigenvalue weighted by atomic mass is 16.3. The number of aliphatic hydroxyl groups excluding tert-OH is 1. The normalized spacial score (nSPS) is 13.9. The number of hydrogen-bond acceptors (Lipinski definition) is 2. The summed E-state index contributed by atoms with van der Waals surface area (Å²) in [5.41, 5.74) is 3.40. The van der Waals surface area contributed by atoms with E-state index in [1.165, 1.54) is 5.56 Å². The van der Waals surface area contributed by atoms with Crippen molar-refractivity contribution >= 4 is 0 Å². The van der Waals surface area contributed by atoms with Crippen molar-refractivity contribution in [3.8, 4) is 0 Å². The van der Waals surface area contributed by atoms with Gasteiger partial charge in [0.05, 0.1) is 6.10 Å². The first kappa shape index (κ1) is 13.2. The maximum atomic E-state index is 10.1. The summed E-state index contributed by atoms with van der Waals surface area (Å²) >= 11 is 0.